The minimum absolute atomic E-state index is 0.239. The van der Waals surface area contributed by atoms with Gasteiger partial charge in [-0.1, -0.05) is 36.4 Å². The van der Waals surface area contributed by atoms with E-state index >= 15 is 0 Å². The maximum absolute atomic E-state index is 9.14. The van der Waals surface area contributed by atoms with Gasteiger partial charge in [-0.2, -0.15) is 0 Å². The quantitative estimate of drug-likeness (QED) is 0.897. The normalized spacial score (nSPS) is 26.5. The van der Waals surface area contributed by atoms with Crippen LogP contribution < -0.4 is 0 Å². The molecule has 1 aromatic rings. The van der Waals surface area contributed by atoms with Crippen LogP contribution in [0, 0.1) is 5.92 Å². The lowest BCUT2D eigenvalue weighted by Gasteiger charge is -2.38. The number of rotatable bonds is 2. The lowest BCUT2D eigenvalue weighted by atomic mass is 9.97. The molecular formula is C19H23N3OS. The second-order valence-corrected chi connectivity index (χ2v) is 7.59. The van der Waals surface area contributed by atoms with Crippen molar-refractivity contribution in [2.45, 2.75) is 10.1 Å². The van der Waals surface area contributed by atoms with Crippen LogP contribution in [0.3, 0.4) is 0 Å². The number of fused-ring (bicyclic) bond motifs is 2. The number of hydrogen-bond donors (Lipinski definition) is 1. The number of benzene rings is 1. The van der Waals surface area contributed by atoms with E-state index in [4.69, 9.17) is 10.1 Å². The van der Waals surface area contributed by atoms with E-state index in [1.807, 2.05) is 11.8 Å². The smallest absolute Gasteiger partial charge is 0.113 e. The van der Waals surface area contributed by atoms with Gasteiger partial charge >= 0.3 is 0 Å². The van der Waals surface area contributed by atoms with Gasteiger partial charge in [-0.15, -0.1) is 11.8 Å². The Labute approximate surface area is 147 Å². The third-order valence-electron chi connectivity index (χ3n) is 4.86. The molecule has 126 valence electrons. The Balaban J connectivity index is 1.63. The van der Waals surface area contributed by atoms with Crippen LogP contribution in [0.15, 0.2) is 58.5 Å². The predicted molar refractivity (Wildman–Crippen MR) is 100 cm³/mol. The highest BCUT2D eigenvalue weighted by Gasteiger charge is 2.32. The molecule has 0 saturated carbocycles. The molecule has 2 atom stereocenters. The monoisotopic (exact) mass is 341 g/mol. The van der Waals surface area contributed by atoms with E-state index in [1.165, 1.54) is 10.7 Å². The van der Waals surface area contributed by atoms with Gasteiger partial charge in [0, 0.05) is 42.9 Å². The molecule has 0 radical (unpaired) electrons. The van der Waals surface area contributed by atoms with Crippen LogP contribution in [0.2, 0.25) is 0 Å². The molecule has 0 spiro atoms. The van der Waals surface area contributed by atoms with Crippen molar-refractivity contribution in [1.29, 1.82) is 0 Å². The molecule has 1 saturated heterocycles. The zero-order valence-corrected chi connectivity index (χ0v) is 14.5. The summed E-state index contributed by atoms with van der Waals surface area (Å²) in [6.07, 6.45) is 8.89. The molecule has 5 heteroatoms. The third kappa shape index (κ3) is 3.16. The van der Waals surface area contributed by atoms with E-state index in [9.17, 15) is 0 Å². The Bertz CT molecular complexity index is 677. The molecule has 2 aliphatic heterocycles. The van der Waals surface area contributed by atoms with Crippen LogP contribution in [0.25, 0.3) is 0 Å². The van der Waals surface area contributed by atoms with Crippen molar-refractivity contribution in [1.82, 2.24) is 9.80 Å². The van der Waals surface area contributed by atoms with Gasteiger partial charge in [-0.05, 0) is 12.1 Å². The summed E-state index contributed by atoms with van der Waals surface area (Å²) in [6, 6.07) is 8.46. The number of aliphatic hydroxyl groups excluding tert-OH is 1. The van der Waals surface area contributed by atoms with Gasteiger partial charge < -0.3 is 10.0 Å². The fraction of sp³-hybridized carbons (Fsp3) is 0.421. The molecule has 0 aromatic heterocycles. The maximum atomic E-state index is 9.14. The number of aliphatic hydroxyl groups is 1. The largest absolute Gasteiger partial charge is 0.395 e. The van der Waals surface area contributed by atoms with Gasteiger partial charge in [0.2, 0.25) is 0 Å². The lowest BCUT2D eigenvalue weighted by molar-refractivity contribution is 0.145. The van der Waals surface area contributed by atoms with Crippen molar-refractivity contribution in [3.63, 3.8) is 0 Å². The minimum Gasteiger partial charge on any atom is -0.395 e. The number of amidine groups is 1. The van der Waals surface area contributed by atoms with Crippen molar-refractivity contribution in [3.8, 4) is 0 Å². The average Bonchev–Trinajstić information content (AvgIpc) is 2.79. The van der Waals surface area contributed by atoms with Gasteiger partial charge in [0.05, 0.1) is 18.2 Å². The van der Waals surface area contributed by atoms with E-state index in [1.54, 1.807) is 0 Å². The molecular weight excluding hydrogens is 318 g/mol. The first-order valence-electron chi connectivity index (χ1n) is 8.62. The number of piperazine rings is 1. The fourth-order valence-corrected chi connectivity index (χ4v) is 4.76. The highest BCUT2D eigenvalue weighted by atomic mass is 32.2. The molecule has 0 bridgehead atoms. The average molecular weight is 341 g/mol. The molecule has 2 heterocycles. The number of hydrogen-bond acceptors (Lipinski definition) is 5. The molecule has 1 fully saturated rings. The van der Waals surface area contributed by atoms with E-state index in [-0.39, 0.29) is 6.61 Å². The first-order valence-corrected chi connectivity index (χ1v) is 9.50. The fourth-order valence-electron chi connectivity index (χ4n) is 3.55. The Morgan fingerprint density at radius 1 is 1.08 bits per heavy atom. The Hall–Kier alpha value is -1.56. The van der Waals surface area contributed by atoms with E-state index in [0.717, 1.165) is 38.4 Å². The van der Waals surface area contributed by atoms with E-state index in [0.29, 0.717) is 11.2 Å². The Morgan fingerprint density at radius 2 is 1.88 bits per heavy atom. The summed E-state index contributed by atoms with van der Waals surface area (Å²) in [5, 5.41) is 9.55. The zero-order valence-electron chi connectivity index (χ0n) is 13.7. The van der Waals surface area contributed by atoms with Crippen LogP contribution in [0.5, 0.6) is 0 Å². The first-order chi connectivity index (χ1) is 11.8. The topological polar surface area (TPSA) is 39.1 Å². The summed E-state index contributed by atoms with van der Waals surface area (Å²) < 4.78 is 0. The molecule has 0 amide bonds. The predicted octanol–water partition coefficient (Wildman–Crippen LogP) is 2.54. The van der Waals surface area contributed by atoms with Crippen molar-refractivity contribution in [2.24, 2.45) is 10.9 Å². The van der Waals surface area contributed by atoms with Crippen LogP contribution in [0.4, 0.5) is 5.69 Å². The second-order valence-electron chi connectivity index (χ2n) is 6.37. The van der Waals surface area contributed by atoms with Gasteiger partial charge in [0.25, 0.3) is 0 Å². The van der Waals surface area contributed by atoms with Crippen molar-refractivity contribution < 1.29 is 5.11 Å². The minimum atomic E-state index is 0.239. The van der Waals surface area contributed by atoms with Crippen LogP contribution >= 0.6 is 11.8 Å². The van der Waals surface area contributed by atoms with Gasteiger partial charge in [-0.3, -0.25) is 4.90 Å². The van der Waals surface area contributed by atoms with Crippen molar-refractivity contribution in [2.75, 3.05) is 39.3 Å². The third-order valence-corrected chi connectivity index (χ3v) is 6.18. The summed E-state index contributed by atoms with van der Waals surface area (Å²) in [5.74, 6) is 1.53. The van der Waals surface area contributed by atoms with E-state index < -0.39 is 0 Å². The molecule has 4 rings (SSSR count). The van der Waals surface area contributed by atoms with E-state index in [2.05, 4.69) is 58.4 Å². The molecule has 1 aromatic carbocycles. The zero-order chi connectivity index (χ0) is 16.4. The number of nitrogens with zero attached hydrogens (tertiary/aromatic N) is 3. The number of allylic oxidation sites excluding steroid dienone is 2. The van der Waals surface area contributed by atoms with Crippen LogP contribution in [-0.4, -0.2) is 65.3 Å². The summed E-state index contributed by atoms with van der Waals surface area (Å²) >= 11 is 1.92. The van der Waals surface area contributed by atoms with Gasteiger partial charge in [-0.25, -0.2) is 4.99 Å². The highest BCUT2D eigenvalue weighted by Crippen LogP contribution is 2.41. The standard InChI is InChI=1S/C19H23N3OS/c23-14-13-21-9-11-22(12-10-21)19-15-5-1-3-7-17(15)24-18-8-4-2-6-16(18)20-19/h1-8,15,17,23H,9-14H2. The molecule has 1 aliphatic carbocycles. The summed E-state index contributed by atoms with van der Waals surface area (Å²) in [5.41, 5.74) is 1.09. The SMILES string of the molecule is OCCN1CCN(C2=Nc3ccccc3SC3C=CC=CC23)CC1. The summed E-state index contributed by atoms with van der Waals surface area (Å²) in [4.78, 5) is 11.1. The molecule has 1 N–H and O–H groups in total. The Kier molecular flexibility index (Phi) is 4.74. The summed E-state index contributed by atoms with van der Waals surface area (Å²) in [6.45, 7) is 4.95. The Morgan fingerprint density at radius 3 is 2.71 bits per heavy atom. The van der Waals surface area contributed by atoms with Gasteiger partial charge in [0.1, 0.15) is 5.84 Å². The van der Waals surface area contributed by atoms with Crippen LogP contribution in [0.1, 0.15) is 0 Å². The van der Waals surface area contributed by atoms with Crippen LogP contribution in [-0.2, 0) is 0 Å². The van der Waals surface area contributed by atoms with Crippen molar-refractivity contribution >= 4 is 23.3 Å². The molecule has 3 aliphatic rings. The number of para-hydroxylation sites is 1. The summed E-state index contributed by atoms with van der Waals surface area (Å²) in [7, 11) is 0. The number of thioether (sulfide) groups is 1. The highest BCUT2D eigenvalue weighted by molar-refractivity contribution is 8.00. The first kappa shape index (κ1) is 15.9. The lowest BCUT2D eigenvalue weighted by Crippen LogP contribution is -2.51. The molecule has 2 unspecified atom stereocenters. The number of β-amino-alcohol motifs (C(OH)–C–C–N with tert-alkyl or cyclic N) is 1. The molecule has 24 heavy (non-hydrogen) atoms. The maximum Gasteiger partial charge on any atom is 0.113 e. The number of aliphatic imine (C=N–C) groups is 1. The molecule has 4 nitrogen and oxygen atoms in total. The van der Waals surface area contributed by atoms with Gasteiger partial charge in [0.15, 0.2) is 0 Å². The van der Waals surface area contributed by atoms with Crippen molar-refractivity contribution in [3.05, 3.63) is 48.6 Å². The second kappa shape index (κ2) is 7.13.